The Hall–Kier alpha value is -4.02. The van der Waals surface area contributed by atoms with Gasteiger partial charge in [0, 0.05) is 88.4 Å². The number of hydrogen-bond acceptors (Lipinski definition) is 9. The van der Waals surface area contributed by atoms with Gasteiger partial charge >= 0.3 is 0 Å². The van der Waals surface area contributed by atoms with Crippen molar-refractivity contribution >= 4 is 29.2 Å². The highest BCUT2D eigenvalue weighted by Gasteiger charge is 2.32. The first-order chi connectivity index (χ1) is 24.1. The molecule has 4 aliphatic rings. The second-order valence-electron chi connectivity index (χ2n) is 14.4. The number of carbonyl (C=O) groups is 1. The highest BCUT2D eigenvalue weighted by Crippen LogP contribution is 2.42. The lowest BCUT2D eigenvalue weighted by atomic mass is 9.95. The zero-order valence-corrected chi connectivity index (χ0v) is 31.4. The lowest BCUT2D eigenvalue weighted by molar-refractivity contribution is -0.122. The van der Waals surface area contributed by atoms with E-state index in [1.807, 2.05) is 19.3 Å². The molecule has 10 nitrogen and oxygen atoms in total. The summed E-state index contributed by atoms with van der Waals surface area (Å²) in [4.78, 5) is 23.1. The number of aromatic nitrogens is 1. The van der Waals surface area contributed by atoms with Crippen molar-refractivity contribution in [2.24, 2.45) is 5.92 Å². The number of benzene rings is 1. The minimum absolute atomic E-state index is 0.0392. The molecule has 0 spiro atoms. The van der Waals surface area contributed by atoms with E-state index in [2.05, 4.69) is 113 Å². The third-order valence-corrected chi connectivity index (χ3v) is 10.2. The van der Waals surface area contributed by atoms with Crippen LogP contribution < -0.4 is 30.1 Å². The number of anilines is 4. The first-order valence-corrected chi connectivity index (χ1v) is 18.3. The number of pyridine rings is 1. The molecule has 0 atom stereocenters. The Morgan fingerprint density at radius 3 is 2.32 bits per heavy atom. The van der Waals surface area contributed by atoms with Gasteiger partial charge in [0.05, 0.1) is 18.4 Å². The second kappa shape index (κ2) is 18.8. The number of allylic oxidation sites excluding steroid dienone is 3. The van der Waals surface area contributed by atoms with Crippen molar-refractivity contribution in [3.8, 4) is 5.88 Å². The molecule has 0 saturated carbocycles. The molecule has 3 saturated heterocycles. The van der Waals surface area contributed by atoms with Crippen molar-refractivity contribution in [2.75, 3.05) is 99.1 Å². The molecule has 0 amide bonds. The van der Waals surface area contributed by atoms with Crippen LogP contribution >= 0.6 is 0 Å². The third-order valence-electron chi connectivity index (χ3n) is 10.2. The molecule has 1 aromatic heterocycles. The molecule has 0 aliphatic carbocycles. The van der Waals surface area contributed by atoms with E-state index in [1.54, 1.807) is 0 Å². The molecular formula is C40H61N7O3. The number of ether oxygens (including phenoxy) is 1. The minimum Gasteiger partial charge on any atom is -0.483 e. The van der Waals surface area contributed by atoms with Crippen LogP contribution in [0.2, 0.25) is 0 Å². The molecule has 1 aromatic carbocycles. The van der Waals surface area contributed by atoms with Gasteiger partial charge in [0.15, 0.2) is 0 Å². The average molecular weight is 688 g/mol. The highest BCUT2D eigenvalue weighted by molar-refractivity contribution is 5.73. The van der Waals surface area contributed by atoms with Crippen molar-refractivity contribution in [2.45, 2.75) is 59.4 Å². The van der Waals surface area contributed by atoms with Crippen molar-refractivity contribution in [1.29, 1.82) is 0 Å². The third kappa shape index (κ3) is 10.3. The molecule has 5 heterocycles. The molecule has 3 N–H and O–H groups in total. The Labute approximate surface area is 300 Å². The summed E-state index contributed by atoms with van der Waals surface area (Å²) in [5.74, 6) is 1.65. The smallest absolute Gasteiger partial charge is 0.290 e. The fourth-order valence-electron chi connectivity index (χ4n) is 7.43. The molecule has 274 valence electrons. The summed E-state index contributed by atoms with van der Waals surface area (Å²) in [6.07, 6.45) is 11.9. The Bertz CT molecular complexity index is 1440. The van der Waals surface area contributed by atoms with Gasteiger partial charge in [-0.15, -0.1) is 0 Å². The summed E-state index contributed by atoms with van der Waals surface area (Å²) in [6.45, 7) is 26.7. The maximum Gasteiger partial charge on any atom is 0.290 e. The zero-order valence-electron chi connectivity index (χ0n) is 31.4. The number of rotatable bonds is 6. The summed E-state index contributed by atoms with van der Waals surface area (Å²) in [7, 11) is 1.97. The van der Waals surface area contributed by atoms with Crippen molar-refractivity contribution < 1.29 is 14.6 Å². The predicted octanol–water partition coefficient (Wildman–Crippen LogP) is 6.21. The largest absolute Gasteiger partial charge is 0.483 e. The van der Waals surface area contributed by atoms with E-state index in [1.165, 1.54) is 79.3 Å². The summed E-state index contributed by atoms with van der Waals surface area (Å²) in [5, 5.41) is 13.5. The normalized spacial score (nSPS) is 20.2. The van der Waals surface area contributed by atoms with Gasteiger partial charge in [-0.1, -0.05) is 24.8 Å². The van der Waals surface area contributed by atoms with Gasteiger partial charge in [0.25, 0.3) is 6.47 Å². The van der Waals surface area contributed by atoms with Crippen LogP contribution in [0.25, 0.3) is 0 Å². The number of nitrogens with one attached hydrogen (secondary N) is 2. The van der Waals surface area contributed by atoms with Crippen LogP contribution in [0.1, 0.15) is 52.5 Å². The number of nitrogens with zero attached hydrogens (tertiary/aromatic N) is 5. The number of carboxylic acid groups (broad SMARTS) is 1. The molecule has 0 radical (unpaired) electrons. The summed E-state index contributed by atoms with van der Waals surface area (Å²) in [5.41, 5.74) is 8.96. The van der Waals surface area contributed by atoms with Crippen molar-refractivity contribution in [1.82, 2.24) is 15.2 Å². The van der Waals surface area contributed by atoms with Crippen LogP contribution in [0.5, 0.6) is 5.88 Å². The number of fused-ring (bicyclic) bond motifs is 1. The number of hydrogen-bond donors (Lipinski definition) is 3. The molecule has 0 unspecified atom stereocenters. The summed E-state index contributed by atoms with van der Waals surface area (Å²) >= 11 is 0. The molecule has 0 bridgehead atoms. The van der Waals surface area contributed by atoms with E-state index >= 15 is 0 Å². The van der Waals surface area contributed by atoms with Crippen LogP contribution in [0.4, 0.5) is 22.7 Å². The Morgan fingerprint density at radius 1 is 1.04 bits per heavy atom. The quantitative estimate of drug-likeness (QED) is 0.305. The minimum atomic E-state index is -0.250. The standard InChI is InChI=1S/C22H31N3O.C17H28N4.CH2O2/c1-7-9-18-15-24(11-10-17(18)8-2)19-14-23-21-20(16(19)3)25(12-13-26-21)22(4,5)6;1-18-16-2-4-17(5-3-16)21-10-6-15(7-11-21)14-20-12-8-19-9-13-20;2-1-3/h7-9,14H,1,10-13,15H2,2-6H3;2-5,15,18-19H,6-14H2,1H3;1H,(H,2,3)/b17-8-,18-9-;;. The molecule has 4 aliphatic heterocycles. The predicted molar refractivity (Wildman–Crippen MR) is 209 cm³/mol. The molecule has 6 rings (SSSR count). The van der Waals surface area contributed by atoms with Crippen LogP contribution in [-0.2, 0) is 4.79 Å². The number of piperazine rings is 1. The van der Waals surface area contributed by atoms with Crippen LogP contribution in [0.3, 0.4) is 0 Å². The monoisotopic (exact) mass is 687 g/mol. The van der Waals surface area contributed by atoms with Crippen LogP contribution in [-0.4, -0.2) is 106 Å². The fraction of sp³-hybridized carbons (Fsp3) is 0.550. The van der Waals surface area contributed by atoms with E-state index in [0.717, 1.165) is 56.6 Å². The van der Waals surface area contributed by atoms with Gasteiger partial charge in [-0.25, -0.2) is 4.98 Å². The fourth-order valence-corrected chi connectivity index (χ4v) is 7.43. The van der Waals surface area contributed by atoms with Gasteiger partial charge in [-0.2, -0.15) is 0 Å². The highest BCUT2D eigenvalue weighted by atomic mass is 16.5. The maximum absolute atomic E-state index is 8.36. The lowest BCUT2D eigenvalue weighted by Crippen LogP contribution is -2.47. The average Bonchev–Trinajstić information content (AvgIpc) is 3.13. The topological polar surface area (TPSA) is 96.4 Å². The number of piperidine rings is 2. The summed E-state index contributed by atoms with van der Waals surface area (Å²) < 4.78 is 5.86. The zero-order chi connectivity index (χ0) is 36.1. The van der Waals surface area contributed by atoms with E-state index in [4.69, 9.17) is 14.6 Å². The van der Waals surface area contributed by atoms with Crippen molar-refractivity contribution in [3.05, 3.63) is 72.0 Å². The van der Waals surface area contributed by atoms with Gasteiger partial charge in [-0.05, 0) is 95.2 Å². The van der Waals surface area contributed by atoms with Gasteiger partial charge in [-0.3, -0.25) is 4.79 Å². The van der Waals surface area contributed by atoms with E-state index < -0.39 is 0 Å². The Balaban J connectivity index is 0.000000212. The lowest BCUT2D eigenvalue weighted by Gasteiger charge is -2.42. The molecular weight excluding hydrogens is 626 g/mol. The first kappa shape index (κ1) is 38.8. The van der Waals surface area contributed by atoms with Crippen LogP contribution in [0.15, 0.2) is 66.4 Å². The van der Waals surface area contributed by atoms with Gasteiger partial charge in [0.2, 0.25) is 5.88 Å². The summed E-state index contributed by atoms with van der Waals surface area (Å²) in [6, 6.07) is 8.81. The first-order valence-electron chi connectivity index (χ1n) is 18.3. The molecule has 10 heteroatoms. The Kier molecular flexibility index (Phi) is 14.6. The maximum atomic E-state index is 8.36. The molecule has 3 fully saturated rings. The molecule has 50 heavy (non-hydrogen) atoms. The van der Waals surface area contributed by atoms with Crippen LogP contribution in [0, 0.1) is 12.8 Å². The van der Waals surface area contributed by atoms with Gasteiger partial charge < -0.3 is 40.1 Å². The Morgan fingerprint density at radius 2 is 1.72 bits per heavy atom. The van der Waals surface area contributed by atoms with Crippen molar-refractivity contribution in [3.63, 3.8) is 0 Å². The molecule has 2 aromatic rings. The van der Waals surface area contributed by atoms with E-state index in [9.17, 15) is 0 Å². The SMILES string of the molecule is C=C/C=C1/CN(c2cnc3c(c2C)N(C(C)(C)C)CCO3)CC/C1=C/C.CNc1ccc(N2CCC(CN3CCNCC3)CC2)cc1.O=CO. The van der Waals surface area contributed by atoms with Gasteiger partial charge in [0.1, 0.15) is 12.3 Å². The van der Waals surface area contributed by atoms with E-state index in [0.29, 0.717) is 6.61 Å². The second-order valence-corrected chi connectivity index (χ2v) is 14.4. The van der Waals surface area contributed by atoms with E-state index in [-0.39, 0.29) is 12.0 Å².